The molecule has 0 aromatic carbocycles. The van der Waals surface area contributed by atoms with Gasteiger partial charge >= 0.3 is 5.97 Å². The second-order valence-electron chi connectivity index (χ2n) is 5.97. The van der Waals surface area contributed by atoms with E-state index < -0.39 is 54.5 Å². The van der Waals surface area contributed by atoms with E-state index in [-0.39, 0.29) is 11.7 Å². The molecule has 5 unspecified atom stereocenters. The molecule has 0 aliphatic carbocycles. The molecule has 0 aliphatic heterocycles. The second-order valence-corrected chi connectivity index (χ2v) is 6.34. The molecule has 0 aliphatic rings. The summed E-state index contributed by atoms with van der Waals surface area (Å²) in [6.07, 6.45) is 0.584. The minimum Gasteiger partial charge on any atom is -0.480 e. The third kappa shape index (κ3) is 7.58. The first-order chi connectivity index (χ1) is 12.1. The average molecular weight is 392 g/mol. The number of hydrogen-bond donors (Lipinski definition) is 7. The number of thiol groups is 1. The van der Waals surface area contributed by atoms with Gasteiger partial charge in [-0.3, -0.25) is 14.4 Å². The van der Waals surface area contributed by atoms with Crippen LogP contribution in [0.25, 0.3) is 0 Å². The van der Waals surface area contributed by atoms with Crippen molar-refractivity contribution in [2.45, 2.75) is 51.4 Å². The van der Waals surface area contributed by atoms with Gasteiger partial charge in [0, 0.05) is 5.75 Å². The molecule has 7 N–H and O–H groups in total. The molecule has 0 fully saturated rings. The third-order valence-electron chi connectivity index (χ3n) is 3.88. The topological polar surface area (TPSA) is 171 Å². The standard InChI is InChI=1S/C15H28N4O6S/c1-4-7(2)11(19-13(22)9(16)6-26)14(23)17-8(3)12(21)18-10(5-20)15(24)25/h7-11,20,26H,4-6,16H2,1-3H3,(H,17,23)(H,18,21)(H,19,22)(H,24,25). The Hall–Kier alpha value is -1.85. The Kier molecular flexibility index (Phi) is 10.9. The maximum absolute atomic E-state index is 12.5. The number of carbonyl (C=O) groups excluding carboxylic acids is 3. The molecule has 0 aromatic rings. The van der Waals surface area contributed by atoms with Gasteiger partial charge in [-0.05, 0) is 12.8 Å². The lowest BCUT2D eigenvalue weighted by Crippen LogP contribution is -2.58. The molecule has 0 rings (SSSR count). The lowest BCUT2D eigenvalue weighted by molar-refractivity contribution is -0.143. The summed E-state index contributed by atoms with van der Waals surface area (Å²) >= 11 is 3.94. The molecule has 0 heterocycles. The van der Waals surface area contributed by atoms with Crippen molar-refractivity contribution >= 4 is 36.3 Å². The van der Waals surface area contributed by atoms with Crippen molar-refractivity contribution in [2.75, 3.05) is 12.4 Å². The number of aliphatic carboxylic acids is 1. The zero-order valence-electron chi connectivity index (χ0n) is 15.1. The highest BCUT2D eigenvalue weighted by Gasteiger charge is 2.30. The van der Waals surface area contributed by atoms with E-state index >= 15 is 0 Å². The smallest absolute Gasteiger partial charge is 0.328 e. The maximum atomic E-state index is 12.5. The van der Waals surface area contributed by atoms with Crippen LogP contribution in [0.4, 0.5) is 0 Å². The first-order valence-corrected chi connectivity index (χ1v) is 8.83. The molecule has 0 spiro atoms. The molecule has 0 saturated carbocycles. The van der Waals surface area contributed by atoms with Crippen LogP contribution in [0.3, 0.4) is 0 Å². The quantitative estimate of drug-likeness (QED) is 0.196. The molecule has 3 amide bonds. The summed E-state index contributed by atoms with van der Waals surface area (Å²) < 4.78 is 0. The van der Waals surface area contributed by atoms with Crippen molar-refractivity contribution in [3.8, 4) is 0 Å². The number of carboxylic acids is 1. The van der Waals surface area contributed by atoms with Gasteiger partial charge < -0.3 is 31.9 Å². The monoisotopic (exact) mass is 392 g/mol. The number of carbonyl (C=O) groups is 4. The fourth-order valence-electron chi connectivity index (χ4n) is 1.90. The fraction of sp³-hybridized carbons (Fsp3) is 0.733. The number of amides is 3. The summed E-state index contributed by atoms with van der Waals surface area (Å²) in [7, 11) is 0. The summed E-state index contributed by atoms with van der Waals surface area (Å²) in [5.41, 5.74) is 5.59. The number of nitrogens with two attached hydrogens (primary N) is 1. The highest BCUT2D eigenvalue weighted by atomic mass is 32.1. The van der Waals surface area contributed by atoms with Crippen molar-refractivity contribution in [1.29, 1.82) is 0 Å². The minimum absolute atomic E-state index is 0.108. The highest BCUT2D eigenvalue weighted by molar-refractivity contribution is 7.80. The van der Waals surface area contributed by atoms with Crippen LogP contribution in [0.1, 0.15) is 27.2 Å². The van der Waals surface area contributed by atoms with Gasteiger partial charge in [0.15, 0.2) is 0 Å². The van der Waals surface area contributed by atoms with E-state index in [1.807, 2.05) is 6.92 Å². The van der Waals surface area contributed by atoms with Crippen LogP contribution in [-0.4, -0.2) is 70.4 Å². The van der Waals surface area contributed by atoms with E-state index in [2.05, 4.69) is 28.6 Å². The highest BCUT2D eigenvalue weighted by Crippen LogP contribution is 2.09. The van der Waals surface area contributed by atoms with Crippen molar-refractivity contribution in [2.24, 2.45) is 11.7 Å². The van der Waals surface area contributed by atoms with E-state index in [4.69, 9.17) is 15.9 Å². The molecule has 0 bridgehead atoms. The van der Waals surface area contributed by atoms with Gasteiger partial charge in [0.05, 0.1) is 12.6 Å². The second kappa shape index (κ2) is 11.7. The van der Waals surface area contributed by atoms with Gasteiger partial charge in [0.25, 0.3) is 0 Å². The first-order valence-electron chi connectivity index (χ1n) is 8.20. The predicted octanol–water partition coefficient (Wildman–Crippen LogP) is -2.16. The zero-order chi connectivity index (χ0) is 20.4. The molecule has 10 nitrogen and oxygen atoms in total. The number of aliphatic hydroxyl groups is 1. The van der Waals surface area contributed by atoms with Crippen LogP contribution < -0.4 is 21.7 Å². The van der Waals surface area contributed by atoms with Gasteiger partial charge in [-0.25, -0.2) is 4.79 Å². The third-order valence-corrected chi connectivity index (χ3v) is 4.27. The molecule has 11 heteroatoms. The number of hydrogen-bond acceptors (Lipinski definition) is 7. The summed E-state index contributed by atoms with van der Waals surface area (Å²) in [5, 5.41) is 24.8. The van der Waals surface area contributed by atoms with Gasteiger partial charge in [0.1, 0.15) is 18.1 Å². The number of rotatable bonds is 11. The van der Waals surface area contributed by atoms with Gasteiger partial charge in [0.2, 0.25) is 17.7 Å². The SMILES string of the molecule is CCC(C)C(NC(=O)C(N)CS)C(=O)NC(C)C(=O)NC(CO)C(=O)O. The largest absolute Gasteiger partial charge is 0.480 e. The van der Waals surface area contributed by atoms with Crippen molar-refractivity contribution in [3.63, 3.8) is 0 Å². The van der Waals surface area contributed by atoms with Gasteiger partial charge in [-0.15, -0.1) is 0 Å². The summed E-state index contributed by atoms with van der Waals surface area (Å²) in [6.45, 7) is 4.17. The minimum atomic E-state index is -1.47. The number of nitrogens with one attached hydrogen (secondary N) is 3. The number of carboxylic acid groups (broad SMARTS) is 1. The van der Waals surface area contributed by atoms with Crippen LogP contribution in [0.2, 0.25) is 0 Å². The van der Waals surface area contributed by atoms with Crippen LogP contribution in [0.5, 0.6) is 0 Å². The lowest BCUT2D eigenvalue weighted by atomic mass is 9.97. The Morgan fingerprint density at radius 1 is 1.04 bits per heavy atom. The molecule has 0 saturated heterocycles. The van der Waals surface area contributed by atoms with Crippen LogP contribution in [-0.2, 0) is 19.2 Å². The van der Waals surface area contributed by atoms with Crippen molar-refractivity contribution in [3.05, 3.63) is 0 Å². The Labute approximate surface area is 157 Å². The lowest BCUT2D eigenvalue weighted by Gasteiger charge is -2.26. The summed E-state index contributed by atoms with van der Waals surface area (Å²) in [4.78, 5) is 47.2. The number of aliphatic hydroxyl groups excluding tert-OH is 1. The molecule has 0 radical (unpaired) electrons. The van der Waals surface area contributed by atoms with Crippen molar-refractivity contribution in [1.82, 2.24) is 16.0 Å². The maximum Gasteiger partial charge on any atom is 0.328 e. The molecule has 26 heavy (non-hydrogen) atoms. The summed E-state index contributed by atoms with van der Waals surface area (Å²) in [5.74, 6) is -3.44. The predicted molar refractivity (Wildman–Crippen MR) is 97.5 cm³/mol. The molecule has 150 valence electrons. The molecule has 0 aromatic heterocycles. The first kappa shape index (κ1) is 24.1. The molecule has 5 atom stereocenters. The summed E-state index contributed by atoms with van der Waals surface area (Å²) in [6, 6.07) is -4.33. The Balaban J connectivity index is 4.99. The van der Waals surface area contributed by atoms with Crippen LogP contribution >= 0.6 is 12.6 Å². The Bertz CT molecular complexity index is 518. The van der Waals surface area contributed by atoms with E-state index in [1.165, 1.54) is 6.92 Å². The Morgan fingerprint density at radius 3 is 2.04 bits per heavy atom. The molecular weight excluding hydrogens is 364 g/mol. The van der Waals surface area contributed by atoms with Gasteiger partial charge in [-0.2, -0.15) is 12.6 Å². The van der Waals surface area contributed by atoms with Crippen molar-refractivity contribution < 1.29 is 29.4 Å². The van der Waals surface area contributed by atoms with E-state index in [1.54, 1.807) is 6.92 Å². The van der Waals surface area contributed by atoms with E-state index in [0.717, 1.165) is 0 Å². The van der Waals surface area contributed by atoms with Crippen LogP contribution in [0, 0.1) is 5.92 Å². The van der Waals surface area contributed by atoms with Crippen LogP contribution in [0.15, 0.2) is 0 Å². The zero-order valence-corrected chi connectivity index (χ0v) is 16.0. The van der Waals surface area contributed by atoms with E-state index in [9.17, 15) is 19.2 Å². The fourth-order valence-corrected chi connectivity index (χ4v) is 2.06. The average Bonchev–Trinajstić information content (AvgIpc) is 2.61. The van der Waals surface area contributed by atoms with Gasteiger partial charge in [-0.1, -0.05) is 20.3 Å². The Morgan fingerprint density at radius 2 is 1.62 bits per heavy atom. The normalized spacial score (nSPS) is 16.5. The van der Waals surface area contributed by atoms with E-state index in [0.29, 0.717) is 6.42 Å². The molecular formula is C15H28N4O6S.